The molecule has 2 atom stereocenters. The highest BCUT2D eigenvalue weighted by molar-refractivity contribution is 7.22. The van der Waals surface area contributed by atoms with Crippen LogP contribution in [0.25, 0.3) is 20.5 Å². The quantitative estimate of drug-likeness (QED) is 0.182. The number of carbonyl (C=O) groups excluding carboxylic acids is 2. The SMILES string of the molecule is CC(C)Cc1nc2c(c(-c3cc4ccnc(N[C@H]5CCc6ncccc65)c4s3)c1C=O)C(=O)N[C@]2(C)Cc1ccc(F)cc1. The molecule has 222 valence electrons. The number of carbonyl (C=O) groups is 2. The van der Waals surface area contributed by atoms with Gasteiger partial charge in [-0.15, -0.1) is 11.3 Å². The second-order valence-corrected chi connectivity index (χ2v) is 13.4. The predicted molar refractivity (Wildman–Crippen MR) is 171 cm³/mol. The molecule has 1 aliphatic carbocycles. The molecule has 2 aliphatic rings. The molecule has 7 nitrogen and oxygen atoms in total. The van der Waals surface area contributed by atoms with E-state index in [1.54, 1.807) is 18.3 Å². The number of fused-ring (bicyclic) bond motifs is 3. The van der Waals surface area contributed by atoms with Gasteiger partial charge in [0.1, 0.15) is 11.6 Å². The van der Waals surface area contributed by atoms with E-state index in [2.05, 4.69) is 35.5 Å². The van der Waals surface area contributed by atoms with Gasteiger partial charge in [-0.05, 0) is 78.9 Å². The van der Waals surface area contributed by atoms with Crippen molar-refractivity contribution in [3.05, 3.63) is 106 Å². The van der Waals surface area contributed by atoms with Crippen LogP contribution in [0.2, 0.25) is 0 Å². The summed E-state index contributed by atoms with van der Waals surface area (Å²) < 4.78 is 14.6. The van der Waals surface area contributed by atoms with Gasteiger partial charge in [0.2, 0.25) is 0 Å². The Morgan fingerprint density at radius 2 is 1.95 bits per heavy atom. The van der Waals surface area contributed by atoms with Crippen LogP contribution in [0.4, 0.5) is 10.2 Å². The van der Waals surface area contributed by atoms with E-state index < -0.39 is 5.54 Å². The Morgan fingerprint density at radius 1 is 1.14 bits per heavy atom. The first-order valence-corrected chi connectivity index (χ1v) is 15.7. The summed E-state index contributed by atoms with van der Waals surface area (Å²) in [6.45, 7) is 6.12. The number of pyridine rings is 3. The summed E-state index contributed by atoms with van der Waals surface area (Å²) in [5, 5.41) is 7.79. The van der Waals surface area contributed by atoms with E-state index >= 15 is 0 Å². The number of nitrogens with zero attached hydrogens (tertiary/aromatic N) is 3. The average molecular weight is 606 g/mol. The van der Waals surface area contributed by atoms with Gasteiger partial charge in [-0.3, -0.25) is 19.6 Å². The molecule has 1 aliphatic heterocycles. The van der Waals surface area contributed by atoms with E-state index in [1.807, 2.05) is 31.3 Å². The highest BCUT2D eigenvalue weighted by Crippen LogP contribution is 2.45. The van der Waals surface area contributed by atoms with Crippen LogP contribution in [-0.2, 0) is 24.8 Å². The van der Waals surface area contributed by atoms with Crippen molar-refractivity contribution in [3.8, 4) is 10.4 Å². The van der Waals surface area contributed by atoms with Crippen molar-refractivity contribution in [3.63, 3.8) is 0 Å². The van der Waals surface area contributed by atoms with Gasteiger partial charge in [-0.1, -0.05) is 32.0 Å². The number of hydrogen-bond donors (Lipinski definition) is 2. The number of benzene rings is 1. The summed E-state index contributed by atoms with van der Waals surface area (Å²) in [5.41, 5.74) is 5.12. The molecule has 1 amide bonds. The van der Waals surface area contributed by atoms with Gasteiger partial charge in [0, 0.05) is 40.5 Å². The van der Waals surface area contributed by atoms with Crippen molar-refractivity contribution in [1.82, 2.24) is 20.3 Å². The minimum atomic E-state index is -0.832. The van der Waals surface area contributed by atoms with Crippen LogP contribution >= 0.6 is 11.3 Å². The van der Waals surface area contributed by atoms with Crippen LogP contribution < -0.4 is 10.6 Å². The Labute approximate surface area is 259 Å². The van der Waals surface area contributed by atoms with Crippen molar-refractivity contribution >= 4 is 39.4 Å². The number of aldehydes is 1. The zero-order chi connectivity index (χ0) is 30.6. The van der Waals surface area contributed by atoms with E-state index in [0.717, 1.165) is 51.2 Å². The second kappa shape index (κ2) is 10.9. The zero-order valence-corrected chi connectivity index (χ0v) is 25.6. The average Bonchev–Trinajstić information content (AvgIpc) is 3.68. The molecule has 0 saturated heterocycles. The fourth-order valence-corrected chi connectivity index (χ4v) is 7.80. The Morgan fingerprint density at radius 3 is 2.73 bits per heavy atom. The third-order valence-corrected chi connectivity index (χ3v) is 9.78. The molecule has 0 unspecified atom stereocenters. The first-order chi connectivity index (χ1) is 21.2. The van der Waals surface area contributed by atoms with Crippen LogP contribution in [0.3, 0.4) is 0 Å². The molecule has 0 saturated carbocycles. The van der Waals surface area contributed by atoms with E-state index in [-0.39, 0.29) is 23.7 Å². The fraction of sp³-hybridized carbons (Fsp3) is 0.286. The van der Waals surface area contributed by atoms with Crippen LogP contribution in [-0.4, -0.2) is 27.1 Å². The molecule has 2 N–H and O–H groups in total. The number of aromatic nitrogens is 3. The number of thiophene rings is 1. The number of rotatable bonds is 8. The summed E-state index contributed by atoms with van der Waals surface area (Å²) in [6, 6.07) is 14.5. The van der Waals surface area contributed by atoms with Crippen molar-refractivity contribution in [1.29, 1.82) is 0 Å². The first kappa shape index (κ1) is 28.3. The maximum atomic E-state index is 13.8. The number of halogens is 1. The molecule has 1 aromatic carbocycles. The summed E-state index contributed by atoms with van der Waals surface area (Å²) in [7, 11) is 0. The van der Waals surface area contributed by atoms with Gasteiger partial charge in [-0.2, -0.15) is 0 Å². The van der Waals surface area contributed by atoms with Crippen molar-refractivity contribution < 1.29 is 14.0 Å². The zero-order valence-electron chi connectivity index (χ0n) is 24.8. The van der Waals surface area contributed by atoms with Crippen LogP contribution in [0, 0.1) is 11.7 Å². The van der Waals surface area contributed by atoms with Crippen LogP contribution in [0.1, 0.15) is 82.2 Å². The maximum absolute atomic E-state index is 13.8. The molecule has 0 bridgehead atoms. The van der Waals surface area contributed by atoms with E-state index in [9.17, 15) is 14.0 Å². The number of anilines is 1. The van der Waals surface area contributed by atoms with E-state index in [4.69, 9.17) is 9.97 Å². The Hall–Kier alpha value is -4.50. The molecule has 4 aromatic heterocycles. The molecule has 0 radical (unpaired) electrons. The van der Waals surface area contributed by atoms with Gasteiger partial charge < -0.3 is 10.6 Å². The summed E-state index contributed by atoms with van der Waals surface area (Å²) >= 11 is 1.52. The summed E-state index contributed by atoms with van der Waals surface area (Å²) in [6.07, 6.45) is 7.32. The van der Waals surface area contributed by atoms with Gasteiger partial charge in [0.15, 0.2) is 6.29 Å². The summed E-state index contributed by atoms with van der Waals surface area (Å²) in [5.74, 6) is 0.431. The van der Waals surface area contributed by atoms with E-state index in [0.29, 0.717) is 40.9 Å². The van der Waals surface area contributed by atoms with E-state index in [1.165, 1.54) is 29.0 Å². The minimum Gasteiger partial charge on any atom is -0.362 e. The molecular weight excluding hydrogens is 573 g/mol. The molecular formula is C35H32FN5O2S. The second-order valence-electron chi connectivity index (χ2n) is 12.3. The maximum Gasteiger partial charge on any atom is 0.254 e. The van der Waals surface area contributed by atoms with Crippen molar-refractivity contribution in [2.45, 2.75) is 58.0 Å². The third-order valence-electron chi connectivity index (χ3n) is 8.60. The largest absolute Gasteiger partial charge is 0.362 e. The van der Waals surface area contributed by atoms with Crippen LogP contribution in [0.15, 0.2) is 60.9 Å². The first-order valence-electron chi connectivity index (χ1n) is 14.9. The minimum absolute atomic E-state index is 0.105. The lowest BCUT2D eigenvalue weighted by atomic mass is 9.86. The number of aryl methyl sites for hydroxylation is 1. The van der Waals surface area contributed by atoms with Gasteiger partial charge in [0.05, 0.1) is 33.2 Å². The number of amides is 1. The lowest BCUT2D eigenvalue weighted by Gasteiger charge is -2.26. The fourth-order valence-electron chi connectivity index (χ4n) is 6.62. The van der Waals surface area contributed by atoms with Crippen molar-refractivity contribution in [2.75, 3.05) is 5.32 Å². The molecule has 5 aromatic rings. The van der Waals surface area contributed by atoms with Crippen LogP contribution in [0.5, 0.6) is 0 Å². The molecule has 0 spiro atoms. The predicted octanol–water partition coefficient (Wildman–Crippen LogP) is 7.20. The molecule has 0 fully saturated rings. The normalized spacial score (nSPS) is 18.8. The van der Waals surface area contributed by atoms with Crippen molar-refractivity contribution in [2.24, 2.45) is 5.92 Å². The number of nitrogens with one attached hydrogen (secondary N) is 2. The lowest BCUT2D eigenvalue weighted by molar-refractivity contribution is 0.0935. The molecule has 7 rings (SSSR count). The lowest BCUT2D eigenvalue weighted by Crippen LogP contribution is -2.39. The van der Waals surface area contributed by atoms with Gasteiger partial charge >= 0.3 is 0 Å². The topological polar surface area (TPSA) is 96.9 Å². The van der Waals surface area contributed by atoms with Gasteiger partial charge in [0.25, 0.3) is 5.91 Å². The Kier molecular flexibility index (Phi) is 7.00. The molecule has 5 heterocycles. The summed E-state index contributed by atoms with van der Waals surface area (Å²) in [4.78, 5) is 41.7. The smallest absolute Gasteiger partial charge is 0.254 e. The third kappa shape index (κ3) is 4.85. The molecule has 44 heavy (non-hydrogen) atoms. The monoisotopic (exact) mass is 605 g/mol. The highest BCUT2D eigenvalue weighted by atomic mass is 32.1. The number of hydrogen-bond acceptors (Lipinski definition) is 7. The Bertz CT molecular complexity index is 1940. The standard InChI is InChI=1S/C35H32FN5O2S/c1-19(2)15-27-24(18-42)29(30-32(39-27)35(3,41-34(30)43)17-20-6-8-22(36)9-7-20)28-16-21-12-14-38-33(31(21)44-28)40-26-11-10-25-23(26)5-4-13-37-25/h4-9,12-14,16,18-19,26H,10-11,15,17H2,1-3H3,(H,38,40)(H,41,43)/t26-,35+/m0/s1. The highest BCUT2D eigenvalue weighted by Gasteiger charge is 2.44. The van der Waals surface area contributed by atoms with Gasteiger partial charge in [-0.25, -0.2) is 9.37 Å². The Balaban J connectivity index is 1.37. The molecule has 9 heteroatoms.